The summed E-state index contributed by atoms with van der Waals surface area (Å²) in [5.41, 5.74) is 3.81. The van der Waals surface area contributed by atoms with Crippen LogP contribution in [0.25, 0.3) is 11.1 Å². The molecule has 0 atom stereocenters. The third kappa shape index (κ3) is 6.28. The smallest absolute Gasteiger partial charge is 0.264 e. The number of nitrogens with one attached hydrogen (secondary N) is 1. The lowest BCUT2D eigenvalue weighted by Crippen LogP contribution is -2.14. The third-order valence-electron chi connectivity index (χ3n) is 6.46. The van der Waals surface area contributed by atoms with E-state index in [0.717, 1.165) is 61.3 Å². The van der Waals surface area contributed by atoms with Crippen molar-refractivity contribution in [3.63, 3.8) is 0 Å². The van der Waals surface area contributed by atoms with Crippen molar-refractivity contribution in [2.24, 2.45) is 0 Å². The highest BCUT2D eigenvalue weighted by Gasteiger charge is 2.22. The molecule has 0 unspecified atom stereocenters. The first-order chi connectivity index (χ1) is 17.8. The topological polar surface area (TPSA) is 103 Å². The van der Waals surface area contributed by atoms with Crippen molar-refractivity contribution in [1.29, 1.82) is 0 Å². The number of unbranched alkanes of at least 4 members (excludes halogenated alkanes) is 2. The van der Waals surface area contributed by atoms with Gasteiger partial charge in [0.15, 0.2) is 5.82 Å². The fourth-order valence-corrected chi connectivity index (χ4v) is 5.38. The van der Waals surface area contributed by atoms with Gasteiger partial charge in [-0.3, -0.25) is 0 Å². The zero-order chi connectivity index (χ0) is 26.4. The molecule has 4 aromatic rings. The van der Waals surface area contributed by atoms with Gasteiger partial charge in [0, 0.05) is 24.0 Å². The lowest BCUT2D eigenvalue weighted by molar-refractivity contribution is 0.430. The predicted octanol–water partition coefficient (Wildman–Crippen LogP) is 6.08. The Balaban J connectivity index is 1.57. The molecule has 0 spiro atoms. The number of anilines is 1. The van der Waals surface area contributed by atoms with Crippen LogP contribution >= 0.6 is 0 Å². The first kappa shape index (κ1) is 26.6. The average Bonchev–Trinajstić information content (AvgIpc) is 3.43. The molecular weight excluding hydrogens is 486 g/mol. The monoisotopic (exact) mass is 521 g/mol. The molecule has 0 aliphatic carbocycles. The van der Waals surface area contributed by atoms with Crippen molar-refractivity contribution in [2.75, 3.05) is 4.72 Å². The Kier molecular flexibility index (Phi) is 8.43. The van der Waals surface area contributed by atoms with Gasteiger partial charge in [-0.2, -0.15) is 5.10 Å². The minimum Gasteiger partial charge on any atom is -0.337 e. The normalized spacial score (nSPS) is 11.7. The number of hydrogen-bond donors (Lipinski definition) is 1. The Labute approximate surface area is 219 Å². The standard InChI is InChI=1S/C28H35N5O3S/c1-5-7-13-26-29-27(14-8-6-2)33(30-26)19-22-15-17-23(18-16-22)24-11-9-10-12-25(24)37(34,35)32-28-20(3)21(4)31-36-28/h9-12,15-18,32H,5-8,13-14,19H2,1-4H3. The summed E-state index contributed by atoms with van der Waals surface area (Å²) < 4.78 is 36.2. The van der Waals surface area contributed by atoms with Crippen LogP contribution in [0.3, 0.4) is 0 Å². The zero-order valence-electron chi connectivity index (χ0n) is 22.0. The molecule has 0 aliphatic heterocycles. The molecular formula is C28H35N5O3S. The van der Waals surface area contributed by atoms with Crippen LogP contribution in [0.15, 0.2) is 57.9 Å². The van der Waals surface area contributed by atoms with Crippen molar-refractivity contribution in [1.82, 2.24) is 19.9 Å². The molecule has 0 saturated heterocycles. The van der Waals surface area contributed by atoms with Crippen LogP contribution in [0.2, 0.25) is 0 Å². The maximum absolute atomic E-state index is 13.2. The highest BCUT2D eigenvalue weighted by molar-refractivity contribution is 7.92. The van der Waals surface area contributed by atoms with E-state index in [-0.39, 0.29) is 10.8 Å². The van der Waals surface area contributed by atoms with E-state index in [1.165, 1.54) is 0 Å². The highest BCUT2D eigenvalue weighted by Crippen LogP contribution is 2.30. The molecule has 0 bridgehead atoms. The van der Waals surface area contributed by atoms with E-state index in [0.29, 0.717) is 23.4 Å². The SMILES string of the molecule is CCCCc1nc(CCCC)n(Cc2ccc(-c3ccccc3S(=O)(=O)Nc3onc(C)c3C)cc2)n1. The number of aryl methyl sites for hydroxylation is 3. The van der Waals surface area contributed by atoms with Gasteiger partial charge < -0.3 is 4.52 Å². The Morgan fingerprint density at radius 3 is 2.32 bits per heavy atom. The molecule has 1 N–H and O–H groups in total. The third-order valence-corrected chi connectivity index (χ3v) is 7.85. The van der Waals surface area contributed by atoms with Gasteiger partial charge in [0.25, 0.3) is 10.0 Å². The van der Waals surface area contributed by atoms with Gasteiger partial charge in [0.1, 0.15) is 5.82 Å². The average molecular weight is 522 g/mol. The molecule has 37 heavy (non-hydrogen) atoms. The van der Waals surface area contributed by atoms with Gasteiger partial charge in [0.2, 0.25) is 5.88 Å². The molecule has 196 valence electrons. The number of aromatic nitrogens is 4. The Bertz CT molecular complexity index is 1440. The van der Waals surface area contributed by atoms with Crippen LogP contribution < -0.4 is 4.72 Å². The second kappa shape index (κ2) is 11.7. The van der Waals surface area contributed by atoms with Crippen LogP contribution in [0.1, 0.15) is 68.0 Å². The molecule has 9 heteroatoms. The number of nitrogens with zero attached hydrogens (tertiary/aromatic N) is 4. The quantitative estimate of drug-likeness (QED) is 0.242. The zero-order valence-corrected chi connectivity index (χ0v) is 22.8. The first-order valence-corrected chi connectivity index (χ1v) is 14.4. The van der Waals surface area contributed by atoms with E-state index in [1.807, 2.05) is 41.1 Å². The summed E-state index contributed by atoms with van der Waals surface area (Å²) in [7, 11) is -3.89. The Morgan fingerprint density at radius 1 is 0.946 bits per heavy atom. The second-order valence-electron chi connectivity index (χ2n) is 9.33. The minimum atomic E-state index is -3.89. The maximum atomic E-state index is 13.2. The van der Waals surface area contributed by atoms with Gasteiger partial charge in [0.05, 0.1) is 17.1 Å². The van der Waals surface area contributed by atoms with Gasteiger partial charge >= 0.3 is 0 Å². The molecule has 4 rings (SSSR count). The summed E-state index contributed by atoms with van der Waals surface area (Å²) >= 11 is 0. The van der Waals surface area contributed by atoms with Crippen LogP contribution in [0.5, 0.6) is 0 Å². The van der Waals surface area contributed by atoms with Gasteiger partial charge in [-0.1, -0.05) is 74.3 Å². The van der Waals surface area contributed by atoms with Crippen LogP contribution in [0, 0.1) is 13.8 Å². The molecule has 0 aliphatic rings. The van der Waals surface area contributed by atoms with Gasteiger partial charge in [-0.15, -0.1) is 0 Å². The molecule has 2 aromatic heterocycles. The molecule has 8 nitrogen and oxygen atoms in total. The van der Waals surface area contributed by atoms with Gasteiger partial charge in [-0.25, -0.2) is 22.8 Å². The van der Waals surface area contributed by atoms with E-state index < -0.39 is 10.0 Å². The lowest BCUT2D eigenvalue weighted by Gasteiger charge is -2.12. The number of benzene rings is 2. The van der Waals surface area contributed by atoms with Crippen LogP contribution in [-0.2, 0) is 29.4 Å². The van der Waals surface area contributed by atoms with Crippen molar-refractivity contribution >= 4 is 15.9 Å². The van der Waals surface area contributed by atoms with Crippen molar-refractivity contribution in [3.8, 4) is 11.1 Å². The summed E-state index contributed by atoms with van der Waals surface area (Å²) in [4.78, 5) is 4.97. The summed E-state index contributed by atoms with van der Waals surface area (Å²) in [6.45, 7) is 8.52. The van der Waals surface area contributed by atoms with E-state index in [4.69, 9.17) is 14.6 Å². The first-order valence-electron chi connectivity index (χ1n) is 12.9. The summed E-state index contributed by atoms with van der Waals surface area (Å²) in [5, 5.41) is 8.62. The number of sulfonamides is 1. The highest BCUT2D eigenvalue weighted by atomic mass is 32.2. The second-order valence-corrected chi connectivity index (χ2v) is 11.0. The Morgan fingerprint density at radius 2 is 1.65 bits per heavy atom. The fourth-order valence-electron chi connectivity index (χ4n) is 4.10. The van der Waals surface area contributed by atoms with Crippen molar-refractivity contribution in [2.45, 2.75) is 77.7 Å². The summed E-state index contributed by atoms with van der Waals surface area (Å²) in [6.07, 6.45) is 6.20. The predicted molar refractivity (Wildman–Crippen MR) is 145 cm³/mol. The van der Waals surface area contributed by atoms with E-state index in [2.05, 4.69) is 23.7 Å². The largest absolute Gasteiger partial charge is 0.337 e. The molecule has 0 saturated carbocycles. The maximum Gasteiger partial charge on any atom is 0.264 e. The molecule has 2 heterocycles. The minimum absolute atomic E-state index is 0.132. The van der Waals surface area contributed by atoms with Crippen LogP contribution in [0.4, 0.5) is 5.88 Å². The summed E-state index contributed by atoms with van der Waals surface area (Å²) in [5.74, 6) is 2.07. The Hall–Kier alpha value is -3.46. The fraction of sp³-hybridized carbons (Fsp3) is 0.393. The van der Waals surface area contributed by atoms with Gasteiger partial charge in [-0.05, 0) is 43.9 Å². The molecule has 0 fully saturated rings. The molecule has 0 amide bonds. The number of rotatable bonds is 12. The lowest BCUT2D eigenvalue weighted by atomic mass is 10.0. The van der Waals surface area contributed by atoms with E-state index in [9.17, 15) is 8.42 Å². The molecule has 2 aromatic carbocycles. The summed E-state index contributed by atoms with van der Waals surface area (Å²) in [6, 6.07) is 14.9. The number of hydrogen-bond acceptors (Lipinski definition) is 6. The van der Waals surface area contributed by atoms with Crippen molar-refractivity contribution in [3.05, 3.63) is 77.0 Å². The van der Waals surface area contributed by atoms with Crippen LogP contribution in [-0.4, -0.2) is 28.3 Å². The van der Waals surface area contributed by atoms with Crippen molar-refractivity contribution < 1.29 is 12.9 Å². The van der Waals surface area contributed by atoms with E-state index >= 15 is 0 Å². The van der Waals surface area contributed by atoms with E-state index in [1.54, 1.807) is 26.0 Å². The molecule has 0 radical (unpaired) electrons.